The SMILES string of the molecule is CNc1ccc(OC)c(Cl)c1C(=N)C(C)CC(=O)N1C2CCC3(C#N)CC1CC(C)(C2)C3. The summed E-state index contributed by atoms with van der Waals surface area (Å²) in [4.78, 5) is 15.7. The number of nitrogens with one attached hydrogen (secondary N) is 2. The average molecular weight is 457 g/mol. The van der Waals surface area contributed by atoms with Crippen LogP contribution in [0.5, 0.6) is 5.75 Å². The highest BCUT2D eigenvalue weighted by atomic mass is 35.5. The highest BCUT2D eigenvalue weighted by Gasteiger charge is 2.56. The third-order valence-corrected chi connectivity index (χ3v) is 8.33. The molecule has 1 amide bonds. The summed E-state index contributed by atoms with van der Waals surface area (Å²) in [5.41, 5.74) is 1.54. The molecule has 0 spiro atoms. The summed E-state index contributed by atoms with van der Waals surface area (Å²) in [5, 5.41) is 22.3. The van der Waals surface area contributed by atoms with Gasteiger partial charge in [0.25, 0.3) is 0 Å². The second-order valence-corrected chi connectivity index (χ2v) is 10.8. The summed E-state index contributed by atoms with van der Waals surface area (Å²) in [6.45, 7) is 4.21. The molecule has 0 radical (unpaired) electrons. The summed E-state index contributed by atoms with van der Waals surface area (Å²) in [6.07, 6.45) is 5.78. The van der Waals surface area contributed by atoms with E-state index in [-0.39, 0.29) is 41.2 Å². The quantitative estimate of drug-likeness (QED) is 0.572. The highest BCUT2D eigenvalue weighted by Crippen LogP contribution is 2.59. The van der Waals surface area contributed by atoms with Crippen molar-refractivity contribution in [3.63, 3.8) is 0 Å². The van der Waals surface area contributed by atoms with Gasteiger partial charge >= 0.3 is 0 Å². The Labute approximate surface area is 195 Å². The molecule has 2 saturated heterocycles. The maximum Gasteiger partial charge on any atom is 0.223 e. The minimum Gasteiger partial charge on any atom is -0.495 e. The Kier molecular flexibility index (Phi) is 5.92. The summed E-state index contributed by atoms with van der Waals surface area (Å²) >= 11 is 6.55. The van der Waals surface area contributed by atoms with Crippen molar-refractivity contribution in [1.29, 1.82) is 10.7 Å². The van der Waals surface area contributed by atoms with Gasteiger partial charge in [-0.05, 0) is 56.1 Å². The molecule has 2 heterocycles. The minimum atomic E-state index is -0.293. The number of carbonyl (C=O) groups is 1. The molecule has 1 aromatic carbocycles. The predicted molar refractivity (Wildman–Crippen MR) is 126 cm³/mol. The summed E-state index contributed by atoms with van der Waals surface area (Å²) in [5.74, 6) is 0.318. The molecule has 172 valence electrons. The first-order valence-electron chi connectivity index (χ1n) is 11.5. The fourth-order valence-corrected chi connectivity index (χ4v) is 7.04. The molecule has 1 aromatic rings. The zero-order valence-corrected chi connectivity index (χ0v) is 20.2. The van der Waals surface area contributed by atoms with Gasteiger partial charge in [0, 0.05) is 48.4 Å². The maximum absolute atomic E-state index is 13.6. The van der Waals surface area contributed by atoms with Crippen molar-refractivity contribution >= 4 is 28.9 Å². The molecule has 4 aliphatic rings. The van der Waals surface area contributed by atoms with Gasteiger partial charge in [0.15, 0.2) is 0 Å². The lowest BCUT2D eigenvalue weighted by Gasteiger charge is -2.54. The standard InChI is InChI=1S/C25H33ClN4O2/c1-15(23(28)21-18(29-3)5-6-19(32-4)22(21)26)9-20(31)30-16-7-8-25(14-27)12-17(30)11-24(2,10-16)13-25/h5-6,15-17,28-29H,7-13H2,1-4H3. The van der Waals surface area contributed by atoms with Crippen LogP contribution in [-0.4, -0.2) is 42.8 Å². The Balaban J connectivity index is 1.55. The smallest absolute Gasteiger partial charge is 0.223 e. The zero-order valence-electron chi connectivity index (χ0n) is 19.4. The van der Waals surface area contributed by atoms with Gasteiger partial charge < -0.3 is 20.4 Å². The van der Waals surface area contributed by atoms with E-state index in [1.54, 1.807) is 20.2 Å². The molecule has 2 aliphatic heterocycles. The van der Waals surface area contributed by atoms with E-state index in [0.717, 1.165) is 44.2 Å². The molecular formula is C25H33ClN4O2. The monoisotopic (exact) mass is 456 g/mol. The third kappa shape index (κ3) is 3.75. The van der Waals surface area contributed by atoms with E-state index < -0.39 is 0 Å². The number of amides is 1. The van der Waals surface area contributed by atoms with Crippen LogP contribution in [0.2, 0.25) is 5.02 Å². The number of benzene rings is 1. The summed E-state index contributed by atoms with van der Waals surface area (Å²) in [6, 6.07) is 6.60. The van der Waals surface area contributed by atoms with Crippen LogP contribution in [0.15, 0.2) is 12.1 Å². The first kappa shape index (κ1) is 22.9. The van der Waals surface area contributed by atoms with Gasteiger partial charge in [-0.2, -0.15) is 5.26 Å². The number of nitrogens with zero attached hydrogens (tertiary/aromatic N) is 2. The van der Waals surface area contributed by atoms with Gasteiger partial charge in [-0.15, -0.1) is 0 Å². The van der Waals surface area contributed by atoms with Crippen LogP contribution < -0.4 is 10.1 Å². The van der Waals surface area contributed by atoms with Crippen LogP contribution in [0.3, 0.4) is 0 Å². The number of piperidine rings is 1. The van der Waals surface area contributed by atoms with Crippen LogP contribution in [0.4, 0.5) is 5.69 Å². The number of methoxy groups -OCH3 is 1. The molecule has 2 N–H and O–H groups in total. The zero-order chi connectivity index (χ0) is 23.3. The van der Waals surface area contributed by atoms with Gasteiger partial charge in [0.05, 0.1) is 23.6 Å². The lowest BCUT2D eigenvalue weighted by Crippen LogP contribution is -2.57. The third-order valence-electron chi connectivity index (χ3n) is 7.96. The number of ether oxygens (including phenoxy) is 1. The van der Waals surface area contributed by atoms with Crippen molar-refractivity contribution in [2.45, 2.75) is 70.9 Å². The first-order chi connectivity index (χ1) is 15.2. The fourth-order valence-electron chi connectivity index (χ4n) is 6.70. The Morgan fingerprint density at radius 2 is 2.12 bits per heavy atom. The van der Waals surface area contributed by atoms with Gasteiger partial charge in [-0.1, -0.05) is 25.4 Å². The van der Waals surface area contributed by atoms with E-state index in [1.807, 2.05) is 13.0 Å². The molecule has 32 heavy (non-hydrogen) atoms. The minimum absolute atomic E-state index is 0.0972. The van der Waals surface area contributed by atoms with Crippen LogP contribution in [0, 0.1) is 33.5 Å². The lowest BCUT2D eigenvalue weighted by molar-refractivity contribution is -0.144. The number of nitriles is 1. The van der Waals surface area contributed by atoms with Crippen LogP contribution in [0.1, 0.15) is 64.4 Å². The second kappa shape index (κ2) is 8.26. The molecule has 2 aliphatic carbocycles. The molecule has 5 rings (SSSR count). The number of carbonyl (C=O) groups excluding carboxylic acids is 1. The van der Waals surface area contributed by atoms with Crippen molar-refractivity contribution in [2.24, 2.45) is 16.7 Å². The topological polar surface area (TPSA) is 89.2 Å². The summed E-state index contributed by atoms with van der Waals surface area (Å²) in [7, 11) is 3.35. The normalized spacial score (nSPS) is 31.6. The number of rotatable bonds is 6. The van der Waals surface area contributed by atoms with Crippen molar-refractivity contribution in [2.75, 3.05) is 19.5 Å². The van der Waals surface area contributed by atoms with Crippen LogP contribution in [-0.2, 0) is 4.79 Å². The molecule has 4 bridgehead atoms. The van der Waals surface area contributed by atoms with Gasteiger partial charge in [-0.3, -0.25) is 4.79 Å². The highest BCUT2D eigenvalue weighted by molar-refractivity contribution is 6.36. The van der Waals surface area contributed by atoms with Crippen LogP contribution in [0.25, 0.3) is 0 Å². The Morgan fingerprint density at radius 1 is 1.41 bits per heavy atom. The molecule has 4 fully saturated rings. The molecule has 7 heteroatoms. The molecule has 6 nitrogen and oxygen atoms in total. The largest absolute Gasteiger partial charge is 0.495 e. The molecule has 5 unspecified atom stereocenters. The van der Waals surface area contributed by atoms with Crippen LogP contribution >= 0.6 is 11.6 Å². The van der Waals surface area contributed by atoms with Crippen molar-refractivity contribution in [3.8, 4) is 11.8 Å². The Hall–Kier alpha value is -2.26. The van der Waals surface area contributed by atoms with E-state index in [4.69, 9.17) is 21.7 Å². The van der Waals surface area contributed by atoms with Crippen molar-refractivity contribution in [3.05, 3.63) is 22.7 Å². The van der Waals surface area contributed by atoms with Gasteiger partial charge in [-0.25, -0.2) is 0 Å². The number of anilines is 1. The van der Waals surface area contributed by atoms with E-state index in [1.165, 1.54) is 0 Å². The second-order valence-electron chi connectivity index (χ2n) is 10.4. The van der Waals surface area contributed by atoms with Gasteiger partial charge in [0.2, 0.25) is 5.91 Å². The Morgan fingerprint density at radius 3 is 2.78 bits per heavy atom. The van der Waals surface area contributed by atoms with Crippen molar-refractivity contribution in [1.82, 2.24) is 4.90 Å². The van der Waals surface area contributed by atoms with E-state index in [0.29, 0.717) is 22.0 Å². The molecule has 2 saturated carbocycles. The molecular weight excluding hydrogens is 424 g/mol. The van der Waals surface area contributed by atoms with E-state index >= 15 is 0 Å². The fraction of sp³-hybridized carbons (Fsp3) is 0.640. The number of halogens is 1. The van der Waals surface area contributed by atoms with E-state index in [9.17, 15) is 10.1 Å². The lowest BCUT2D eigenvalue weighted by atomic mass is 9.59. The maximum atomic E-state index is 13.6. The summed E-state index contributed by atoms with van der Waals surface area (Å²) < 4.78 is 5.34. The van der Waals surface area contributed by atoms with Gasteiger partial charge in [0.1, 0.15) is 5.75 Å². The average Bonchev–Trinajstić information content (AvgIpc) is 2.93. The number of hydrogen-bond donors (Lipinski definition) is 2. The number of hydrogen-bond acceptors (Lipinski definition) is 5. The first-order valence-corrected chi connectivity index (χ1v) is 11.9. The Bertz CT molecular complexity index is 989. The molecule has 5 atom stereocenters. The van der Waals surface area contributed by atoms with E-state index in [2.05, 4.69) is 23.2 Å². The van der Waals surface area contributed by atoms with Crippen molar-refractivity contribution < 1.29 is 9.53 Å². The number of fused-ring (bicyclic) bond motifs is 1. The molecule has 0 aromatic heterocycles. The predicted octanol–water partition coefficient (Wildman–Crippen LogP) is 5.25.